The van der Waals surface area contributed by atoms with E-state index in [9.17, 15) is 18.4 Å². The van der Waals surface area contributed by atoms with Crippen molar-refractivity contribution in [2.75, 3.05) is 12.4 Å². The number of hydrogen-bond acceptors (Lipinski definition) is 5. The average Bonchev–Trinajstić information content (AvgIpc) is 2.69. The van der Waals surface area contributed by atoms with Crippen LogP contribution in [0.25, 0.3) is 11.3 Å². The Kier molecular flexibility index (Phi) is 6.28. The molecule has 1 atom stereocenters. The lowest BCUT2D eigenvalue weighted by atomic mass is 10.1. The van der Waals surface area contributed by atoms with Gasteiger partial charge < -0.3 is 15.0 Å². The number of ether oxygens (including phenoxy) is 1. The molecule has 0 saturated carbocycles. The van der Waals surface area contributed by atoms with Crippen molar-refractivity contribution < 1.29 is 18.3 Å². The van der Waals surface area contributed by atoms with E-state index in [0.717, 1.165) is 23.9 Å². The number of nitrogens with one attached hydrogen (secondary N) is 2. The second kappa shape index (κ2) is 8.87. The van der Waals surface area contributed by atoms with Crippen LogP contribution in [0.5, 0.6) is 5.75 Å². The summed E-state index contributed by atoms with van der Waals surface area (Å²) in [6.07, 6.45) is 0. The van der Waals surface area contributed by atoms with E-state index in [2.05, 4.69) is 15.3 Å². The summed E-state index contributed by atoms with van der Waals surface area (Å²) in [5.74, 6) is -1.45. The first-order chi connectivity index (χ1) is 13.9. The molecule has 1 unspecified atom stereocenters. The molecule has 0 spiro atoms. The van der Waals surface area contributed by atoms with Crippen LogP contribution in [-0.4, -0.2) is 28.2 Å². The van der Waals surface area contributed by atoms with Crippen LogP contribution in [0.15, 0.2) is 58.5 Å². The van der Waals surface area contributed by atoms with Gasteiger partial charge in [0.05, 0.1) is 23.7 Å². The number of rotatable bonds is 6. The van der Waals surface area contributed by atoms with Gasteiger partial charge >= 0.3 is 0 Å². The predicted molar refractivity (Wildman–Crippen MR) is 107 cm³/mol. The molecule has 29 heavy (non-hydrogen) atoms. The molecule has 0 fully saturated rings. The maximum atomic E-state index is 13.7. The molecule has 3 aromatic rings. The van der Waals surface area contributed by atoms with E-state index in [0.29, 0.717) is 23.1 Å². The lowest BCUT2D eigenvalue weighted by Gasteiger charge is -2.12. The van der Waals surface area contributed by atoms with Gasteiger partial charge in [-0.25, -0.2) is 13.8 Å². The Labute approximate surface area is 169 Å². The van der Waals surface area contributed by atoms with Gasteiger partial charge in [-0.1, -0.05) is 11.8 Å². The number of benzene rings is 2. The SMILES string of the molecule is COc1ccc(-c2cc(=O)[nH]c(SC(C)C(=O)Nc3ccc(F)cc3F)n2)cc1. The number of carbonyl (C=O) groups excluding carboxylic acids is 1. The van der Waals surface area contributed by atoms with E-state index in [4.69, 9.17) is 4.74 Å². The first-order valence-electron chi connectivity index (χ1n) is 8.54. The fourth-order valence-electron chi connectivity index (χ4n) is 2.45. The summed E-state index contributed by atoms with van der Waals surface area (Å²) in [5.41, 5.74) is 0.656. The zero-order valence-corrected chi connectivity index (χ0v) is 16.3. The Morgan fingerprint density at radius 3 is 2.55 bits per heavy atom. The molecule has 0 aliphatic rings. The summed E-state index contributed by atoms with van der Waals surface area (Å²) in [7, 11) is 1.56. The van der Waals surface area contributed by atoms with Gasteiger partial charge in [0.2, 0.25) is 5.91 Å². The molecule has 0 aliphatic carbocycles. The van der Waals surface area contributed by atoms with E-state index >= 15 is 0 Å². The van der Waals surface area contributed by atoms with Gasteiger partial charge in [0.1, 0.15) is 17.4 Å². The number of thioether (sulfide) groups is 1. The van der Waals surface area contributed by atoms with Crippen molar-refractivity contribution in [2.45, 2.75) is 17.3 Å². The van der Waals surface area contributed by atoms with E-state index < -0.39 is 22.8 Å². The predicted octanol–water partition coefficient (Wildman–Crippen LogP) is 3.84. The third-order valence-electron chi connectivity index (χ3n) is 3.95. The lowest BCUT2D eigenvalue weighted by Crippen LogP contribution is -2.23. The van der Waals surface area contributed by atoms with Crippen LogP contribution >= 0.6 is 11.8 Å². The summed E-state index contributed by atoms with van der Waals surface area (Å²) < 4.78 is 31.8. The van der Waals surface area contributed by atoms with Crippen LogP contribution in [-0.2, 0) is 4.79 Å². The topological polar surface area (TPSA) is 84.1 Å². The second-order valence-corrected chi connectivity index (χ2v) is 7.37. The highest BCUT2D eigenvalue weighted by Gasteiger charge is 2.18. The Morgan fingerprint density at radius 2 is 1.90 bits per heavy atom. The van der Waals surface area contributed by atoms with Gasteiger partial charge in [-0.15, -0.1) is 0 Å². The summed E-state index contributed by atoms with van der Waals surface area (Å²) >= 11 is 1.01. The van der Waals surface area contributed by atoms with Crippen molar-refractivity contribution in [2.24, 2.45) is 0 Å². The molecule has 1 amide bonds. The van der Waals surface area contributed by atoms with Crippen LogP contribution in [0.3, 0.4) is 0 Å². The van der Waals surface area contributed by atoms with Gasteiger partial charge in [-0.05, 0) is 43.3 Å². The molecule has 6 nitrogen and oxygen atoms in total. The minimum absolute atomic E-state index is 0.128. The van der Waals surface area contributed by atoms with Crippen molar-refractivity contribution in [1.29, 1.82) is 0 Å². The fourth-order valence-corrected chi connectivity index (χ4v) is 3.26. The van der Waals surface area contributed by atoms with Gasteiger partial charge in [-0.2, -0.15) is 0 Å². The van der Waals surface area contributed by atoms with Crippen molar-refractivity contribution in [3.8, 4) is 17.0 Å². The quantitative estimate of drug-likeness (QED) is 0.470. The maximum Gasteiger partial charge on any atom is 0.252 e. The van der Waals surface area contributed by atoms with Gasteiger partial charge in [0.15, 0.2) is 5.16 Å². The van der Waals surface area contributed by atoms with Crippen LogP contribution < -0.4 is 15.6 Å². The highest BCUT2D eigenvalue weighted by molar-refractivity contribution is 8.00. The number of halogens is 2. The summed E-state index contributed by atoms with van der Waals surface area (Å²) in [4.78, 5) is 31.3. The largest absolute Gasteiger partial charge is 0.497 e. The van der Waals surface area contributed by atoms with E-state index in [1.54, 1.807) is 38.3 Å². The number of amides is 1. The Balaban J connectivity index is 1.75. The number of hydrogen-bond donors (Lipinski definition) is 2. The van der Waals surface area contributed by atoms with E-state index in [-0.39, 0.29) is 16.4 Å². The molecule has 2 N–H and O–H groups in total. The summed E-state index contributed by atoms with van der Waals surface area (Å²) in [6.45, 7) is 1.58. The molecule has 9 heteroatoms. The molecule has 2 aromatic carbocycles. The Hall–Kier alpha value is -3.20. The molecule has 0 bridgehead atoms. The van der Waals surface area contributed by atoms with Gasteiger partial charge in [0, 0.05) is 17.7 Å². The minimum Gasteiger partial charge on any atom is -0.497 e. The van der Waals surface area contributed by atoms with Crippen LogP contribution in [0.1, 0.15) is 6.92 Å². The average molecular weight is 417 g/mol. The van der Waals surface area contributed by atoms with Crippen molar-refractivity contribution in [3.05, 3.63) is 70.5 Å². The van der Waals surface area contributed by atoms with Crippen molar-refractivity contribution >= 4 is 23.4 Å². The monoisotopic (exact) mass is 417 g/mol. The first kappa shape index (κ1) is 20.5. The van der Waals surface area contributed by atoms with Gasteiger partial charge in [-0.3, -0.25) is 9.59 Å². The zero-order chi connectivity index (χ0) is 21.0. The number of H-pyrrole nitrogens is 1. The van der Waals surface area contributed by atoms with Crippen LogP contribution in [0.4, 0.5) is 14.5 Å². The van der Waals surface area contributed by atoms with E-state index in [1.807, 2.05) is 0 Å². The third kappa shape index (κ3) is 5.20. The highest BCUT2D eigenvalue weighted by atomic mass is 32.2. The lowest BCUT2D eigenvalue weighted by molar-refractivity contribution is -0.115. The normalized spacial score (nSPS) is 11.7. The molecule has 0 radical (unpaired) electrons. The number of carbonyl (C=O) groups is 1. The molecular weight excluding hydrogens is 400 g/mol. The van der Waals surface area contributed by atoms with Crippen LogP contribution in [0.2, 0.25) is 0 Å². The maximum absolute atomic E-state index is 13.7. The number of methoxy groups -OCH3 is 1. The third-order valence-corrected chi connectivity index (χ3v) is 4.94. The second-order valence-electron chi connectivity index (χ2n) is 6.04. The first-order valence-corrected chi connectivity index (χ1v) is 9.42. The fraction of sp³-hybridized carbons (Fsp3) is 0.150. The van der Waals surface area contributed by atoms with Gasteiger partial charge in [0.25, 0.3) is 5.56 Å². The molecule has 150 valence electrons. The van der Waals surface area contributed by atoms with E-state index in [1.165, 1.54) is 6.07 Å². The Morgan fingerprint density at radius 1 is 1.17 bits per heavy atom. The molecular formula is C20H17F2N3O3S. The zero-order valence-electron chi connectivity index (χ0n) is 15.5. The number of anilines is 1. The molecule has 0 aliphatic heterocycles. The molecule has 1 heterocycles. The van der Waals surface area contributed by atoms with Crippen LogP contribution in [0, 0.1) is 11.6 Å². The van der Waals surface area contributed by atoms with Crippen molar-refractivity contribution in [1.82, 2.24) is 9.97 Å². The highest BCUT2D eigenvalue weighted by Crippen LogP contribution is 2.25. The number of nitrogens with zero attached hydrogens (tertiary/aromatic N) is 1. The standard InChI is InChI=1S/C20H17F2N3O3S/c1-11(19(27)23-16-8-5-13(21)9-15(16)22)29-20-24-17(10-18(26)25-20)12-3-6-14(28-2)7-4-12/h3-11H,1-2H3,(H,23,27)(H,24,25,26). The molecule has 1 aromatic heterocycles. The minimum atomic E-state index is -0.872. The summed E-state index contributed by atoms with van der Waals surface area (Å²) in [5, 5.41) is 1.94. The number of aromatic nitrogens is 2. The summed E-state index contributed by atoms with van der Waals surface area (Å²) in [6, 6.07) is 11.3. The molecule has 3 rings (SSSR count). The number of aromatic amines is 1. The Bertz CT molecular complexity index is 1090. The van der Waals surface area contributed by atoms with Crippen molar-refractivity contribution in [3.63, 3.8) is 0 Å². The smallest absolute Gasteiger partial charge is 0.252 e. The molecule has 0 saturated heterocycles.